The number of H-pyrrole nitrogens is 1. The van der Waals surface area contributed by atoms with Crippen LogP contribution >= 0.6 is 11.3 Å². The summed E-state index contributed by atoms with van der Waals surface area (Å²) < 4.78 is 13.4. The number of nitrogens with one attached hydrogen (secondary N) is 3. The highest BCUT2D eigenvalue weighted by Gasteiger charge is 2.17. The van der Waals surface area contributed by atoms with Gasteiger partial charge in [-0.25, -0.2) is 14.2 Å². The van der Waals surface area contributed by atoms with Crippen molar-refractivity contribution in [2.45, 2.75) is 39.2 Å². The van der Waals surface area contributed by atoms with Crippen LogP contribution in [0.15, 0.2) is 29.8 Å². The number of aromatic nitrogens is 2. The first kappa shape index (κ1) is 18.4. The first-order valence-corrected chi connectivity index (χ1v) is 9.43. The molecule has 2 heterocycles. The van der Waals surface area contributed by atoms with Gasteiger partial charge < -0.3 is 15.6 Å². The lowest BCUT2D eigenvalue weighted by molar-refractivity contribution is 0.240. The zero-order valence-electron chi connectivity index (χ0n) is 15.1. The molecule has 0 atom stereocenters. The van der Waals surface area contributed by atoms with E-state index in [9.17, 15) is 9.18 Å². The van der Waals surface area contributed by atoms with Crippen molar-refractivity contribution < 1.29 is 9.18 Å². The zero-order chi connectivity index (χ0) is 18.7. The summed E-state index contributed by atoms with van der Waals surface area (Å²) in [5.41, 5.74) is 2.92. The van der Waals surface area contributed by atoms with Crippen molar-refractivity contribution in [1.29, 1.82) is 0 Å². The second kappa shape index (κ2) is 7.45. The summed E-state index contributed by atoms with van der Waals surface area (Å²) >= 11 is 1.55. The first-order valence-electron chi connectivity index (χ1n) is 8.55. The van der Waals surface area contributed by atoms with Gasteiger partial charge in [0.25, 0.3) is 0 Å². The molecule has 2 aromatic heterocycles. The Kier molecular flexibility index (Phi) is 5.27. The van der Waals surface area contributed by atoms with E-state index < -0.39 is 0 Å². The number of fused-ring (bicyclic) bond motifs is 1. The number of halogens is 1. The van der Waals surface area contributed by atoms with E-state index >= 15 is 0 Å². The molecule has 3 N–H and O–H groups in total. The molecule has 0 radical (unpaired) electrons. The van der Waals surface area contributed by atoms with Crippen molar-refractivity contribution in [3.05, 3.63) is 51.9 Å². The van der Waals surface area contributed by atoms with Gasteiger partial charge in [-0.15, -0.1) is 11.3 Å². The number of amides is 2. The summed E-state index contributed by atoms with van der Waals surface area (Å²) in [6, 6.07) is 4.42. The van der Waals surface area contributed by atoms with E-state index in [0.29, 0.717) is 19.5 Å². The Hall–Kier alpha value is -2.41. The smallest absolute Gasteiger partial charge is 0.315 e. The highest BCUT2D eigenvalue weighted by molar-refractivity contribution is 7.09. The van der Waals surface area contributed by atoms with Crippen LogP contribution in [0.25, 0.3) is 10.9 Å². The van der Waals surface area contributed by atoms with Gasteiger partial charge in [-0.3, -0.25) is 0 Å². The fourth-order valence-electron chi connectivity index (χ4n) is 2.62. The van der Waals surface area contributed by atoms with Crippen molar-refractivity contribution in [3.63, 3.8) is 0 Å². The number of hydrogen-bond acceptors (Lipinski definition) is 3. The molecule has 0 fully saturated rings. The highest BCUT2D eigenvalue weighted by atomic mass is 32.1. The third-order valence-corrected chi connectivity index (χ3v) is 4.98. The number of rotatable bonds is 5. The molecule has 0 bridgehead atoms. The molecule has 0 spiro atoms. The molecule has 3 rings (SSSR count). The molecule has 0 aliphatic rings. The van der Waals surface area contributed by atoms with Gasteiger partial charge in [-0.2, -0.15) is 0 Å². The Morgan fingerprint density at radius 3 is 2.85 bits per heavy atom. The maximum Gasteiger partial charge on any atom is 0.315 e. The maximum atomic E-state index is 13.4. The Bertz CT molecular complexity index is 910. The molecule has 5 nitrogen and oxygen atoms in total. The van der Waals surface area contributed by atoms with Crippen LogP contribution in [0.1, 0.15) is 37.0 Å². The minimum Gasteiger partial charge on any atom is -0.361 e. The van der Waals surface area contributed by atoms with Gasteiger partial charge in [-0.05, 0) is 30.2 Å². The van der Waals surface area contributed by atoms with Gasteiger partial charge in [0, 0.05) is 34.4 Å². The monoisotopic (exact) mass is 374 g/mol. The van der Waals surface area contributed by atoms with E-state index in [1.807, 2.05) is 11.6 Å². The minimum atomic E-state index is -0.262. The van der Waals surface area contributed by atoms with Crippen molar-refractivity contribution in [1.82, 2.24) is 20.6 Å². The Labute approximate surface area is 156 Å². The van der Waals surface area contributed by atoms with Crippen LogP contribution in [0.5, 0.6) is 0 Å². The number of urea groups is 1. The SMILES string of the molecule is CC(C)(C)c1csc(CNC(=O)NCCc2c[nH]c3ccc(F)cc23)n1. The van der Waals surface area contributed by atoms with E-state index in [1.54, 1.807) is 17.4 Å². The summed E-state index contributed by atoms with van der Waals surface area (Å²) in [6.07, 6.45) is 2.48. The Morgan fingerprint density at radius 1 is 1.31 bits per heavy atom. The van der Waals surface area contributed by atoms with Crippen LogP contribution in [0.2, 0.25) is 0 Å². The number of benzene rings is 1. The van der Waals surface area contributed by atoms with Crippen LogP contribution in [0, 0.1) is 5.82 Å². The average Bonchev–Trinajstić information content (AvgIpc) is 3.20. The van der Waals surface area contributed by atoms with Gasteiger partial charge in [-0.1, -0.05) is 20.8 Å². The standard InChI is InChI=1S/C19H23FN4OS/c1-19(2,3)16-11-26-17(24-16)10-23-18(25)21-7-6-12-9-22-15-5-4-13(20)8-14(12)15/h4-5,8-9,11,22H,6-7,10H2,1-3H3,(H2,21,23,25). The summed E-state index contributed by atoms with van der Waals surface area (Å²) in [5.74, 6) is -0.262. The van der Waals surface area contributed by atoms with Crippen molar-refractivity contribution >= 4 is 28.3 Å². The van der Waals surface area contributed by atoms with E-state index in [2.05, 4.69) is 41.4 Å². The number of nitrogens with zero attached hydrogens (tertiary/aromatic N) is 1. The second-order valence-corrected chi connectivity index (χ2v) is 8.18. The topological polar surface area (TPSA) is 69.8 Å². The summed E-state index contributed by atoms with van der Waals surface area (Å²) in [7, 11) is 0. The van der Waals surface area contributed by atoms with Crippen molar-refractivity contribution in [2.24, 2.45) is 0 Å². The van der Waals surface area contributed by atoms with Crippen LogP contribution in [0.4, 0.5) is 9.18 Å². The van der Waals surface area contributed by atoms with Crippen molar-refractivity contribution in [3.8, 4) is 0 Å². The molecular formula is C19H23FN4OS. The van der Waals surface area contributed by atoms with E-state index in [4.69, 9.17) is 0 Å². The van der Waals surface area contributed by atoms with E-state index in [0.717, 1.165) is 27.2 Å². The molecule has 3 aromatic rings. The number of carbonyl (C=O) groups excluding carboxylic acids is 1. The summed E-state index contributed by atoms with van der Waals surface area (Å²) in [4.78, 5) is 19.6. The van der Waals surface area contributed by atoms with Crippen LogP contribution in [-0.2, 0) is 18.4 Å². The van der Waals surface area contributed by atoms with Gasteiger partial charge in [0.05, 0.1) is 12.2 Å². The molecular weight excluding hydrogens is 351 g/mol. The van der Waals surface area contributed by atoms with Crippen LogP contribution < -0.4 is 10.6 Å². The van der Waals surface area contributed by atoms with Gasteiger partial charge >= 0.3 is 6.03 Å². The number of carbonyl (C=O) groups is 1. The molecule has 7 heteroatoms. The van der Waals surface area contributed by atoms with Gasteiger partial charge in [0.2, 0.25) is 0 Å². The van der Waals surface area contributed by atoms with E-state index in [1.165, 1.54) is 12.1 Å². The van der Waals surface area contributed by atoms with Crippen LogP contribution in [0.3, 0.4) is 0 Å². The lowest BCUT2D eigenvalue weighted by atomic mass is 9.93. The molecule has 0 unspecified atom stereocenters. The first-order chi connectivity index (χ1) is 12.3. The second-order valence-electron chi connectivity index (χ2n) is 7.24. The van der Waals surface area contributed by atoms with Crippen LogP contribution in [-0.4, -0.2) is 22.5 Å². The maximum absolute atomic E-state index is 13.4. The van der Waals surface area contributed by atoms with Gasteiger partial charge in [0.1, 0.15) is 10.8 Å². The molecule has 0 aliphatic heterocycles. The molecule has 0 saturated carbocycles. The normalized spacial score (nSPS) is 11.7. The number of aromatic amines is 1. The fourth-order valence-corrected chi connectivity index (χ4v) is 3.58. The minimum absolute atomic E-state index is 0.00974. The molecule has 26 heavy (non-hydrogen) atoms. The predicted molar refractivity (Wildman–Crippen MR) is 103 cm³/mol. The summed E-state index contributed by atoms with van der Waals surface area (Å²) in [5, 5.41) is 9.42. The largest absolute Gasteiger partial charge is 0.361 e. The Morgan fingerprint density at radius 2 is 2.12 bits per heavy atom. The molecule has 0 aliphatic carbocycles. The predicted octanol–water partition coefficient (Wildman–Crippen LogP) is 4.10. The fraction of sp³-hybridized carbons (Fsp3) is 0.368. The Balaban J connectivity index is 1.47. The third kappa shape index (κ3) is 4.40. The van der Waals surface area contributed by atoms with Gasteiger partial charge in [0.15, 0.2) is 0 Å². The number of hydrogen-bond donors (Lipinski definition) is 3. The molecule has 138 valence electrons. The molecule has 1 aromatic carbocycles. The lowest BCUT2D eigenvalue weighted by Crippen LogP contribution is -2.36. The lowest BCUT2D eigenvalue weighted by Gasteiger charge is -2.14. The quantitative estimate of drug-likeness (QED) is 0.629. The third-order valence-electron chi connectivity index (χ3n) is 4.13. The zero-order valence-corrected chi connectivity index (χ0v) is 16.0. The number of thiazole rings is 1. The highest BCUT2D eigenvalue weighted by Crippen LogP contribution is 2.23. The van der Waals surface area contributed by atoms with Crippen molar-refractivity contribution in [2.75, 3.05) is 6.54 Å². The molecule has 0 saturated heterocycles. The average molecular weight is 374 g/mol. The molecule has 2 amide bonds. The van der Waals surface area contributed by atoms with E-state index in [-0.39, 0.29) is 17.3 Å². The summed E-state index contributed by atoms with van der Waals surface area (Å²) in [6.45, 7) is 7.22.